The maximum absolute atomic E-state index is 14.2. The number of rotatable bonds is 2. The highest BCUT2D eigenvalue weighted by molar-refractivity contribution is 6.02. The molecule has 5 heteroatoms. The normalized spacial score (nSPS) is 10.8. The molecule has 1 heterocycles. The van der Waals surface area contributed by atoms with Crippen LogP contribution < -0.4 is 0 Å². The van der Waals surface area contributed by atoms with Crippen LogP contribution in [0.25, 0.3) is 22.4 Å². The summed E-state index contributed by atoms with van der Waals surface area (Å²) in [6.07, 6.45) is 0. The lowest BCUT2D eigenvalue weighted by atomic mass is 10.1. The van der Waals surface area contributed by atoms with E-state index in [0.29, 0.717) is 33.5 Å². The minimum Gasteiger partial charge on any atom is -0.465 e. The molecule has 0 unspecified atom stereocenters. The van der Waals surface area contributed by atoms with Crippen LogP contribution >= 0.6 is 0 Å². The van der Waals surface area contributed by atoms with Crippen LogP contribution in [0.4, 0.5) is 4.39 Å². The third-order valence-electron chi connectivity index (χ3n) is 3.36. The smallest absolute Gasteiger partial charge is 0.340 e. The zero-order chi connectivity index (χ0) is 15.0. The van der Waals surface area contributed by atoms with Crippen LogP contribution in [0.1, 0.15) is 15.9 Å². The number of carbonyl (C=O) groups is 1. The number of fused-ring (bicyclic) bond motifs is 1. The van der Waals surface area contributed by atoms with Crippen molar-refractivity contribution in [3.63, 3.8) is 0 Å². The number of methoxy groups -OCH3 is 1. The lowest BCUT2D eigenvalue weighted by Crippen LogP contribution is -2.01. The first kappa shape index (κ1) is 13.3. The molecule has 2 aromatic carbocycles. The molecule has 4 nitrogen and oxygen atoms in total. The highest BCUT2D eigenvalue weighted by Gasteiger charge is 2.16. The summed E-state index contributed by atoms with van der Waals surface area (Å²) in [6, 6.07) is 10.3. The molecule has 0 aliphatic carbocycles. The fourth-order valence-electron chi connectivity index (χ4n) is 2.26. The van der Waals surface area contributed by atoms with Gasteiger partial charge in [0, 0.05) is 0 Å². The van der Waals surface area contributed by atoms with Crippen LogP contribution in [0.15, 0.2) is 36.4 Å². The molecule has 0 atom stereocenters. The molecule has 3 rings (SSSR count). The molecule has 0 aliphatic heterocycles. The van der Waals surface area contributed by atoms with Gasteiger partial charge in [-0.1, -0.05) is 18.2 Å². The minimum absolute atomic E-state index is 0.323. The van der Waals surface area contributed by atoms with E-state index in [1.807, 2.05) is 0 Å². The van der Waals surface area contributed by atoms with Crippen molar-refractivity contribution in [2.45, 2.75) is 6.92 Å². The molecule has 0 radical (unpaired) electrons. The third kappa shape index (κ3) is 2.16. The van der Waals surface area contributed by atoms with E-state index >= 15 is 0 Å². The van der Waals surface area contributed by atoms with Gasteiger partial charge in [-0.2, -0.15) is 0 Å². The number of nitrogens with zero attached hydrogens (tertiary/aromatic N) is 1. The Labute approximate surface area is 120 Å². The van der Waals surface area contributed by atoms with Gasteiger partial charge in [-0.15, -0.1) is 0 Å². The molecule has 106 valence electrons. The van der Waals surface area contributed by atoms with Crippen molar-refractivity contribution < 1.29 is 13.9 Å². The van der Waals surface area contributed by atoms with E-state index in [1.165, 1.54) is 7.11 Å². The van der Waals surface area contributed by atoms with E-state index in [-0.39, 0.29) is 5.82 Å². The summed E-state index contributed by atoms with van der Waals surface area (Å²) in [7, 11) is 1.31. The SMILES string of the molecule is COC(=O)c1cccc2[nH]c(-c3cccc(C)c3F)nc12. The minimum atomic E-state index is -0.469. The van der Waals surface area contributed by atoms with Crippen LogP contribution in [0.2, 0.25) is 0 Å². The fourth-order valence-corrected chi connectivity index (χ4v) is 2.26. The Hall–Kier alpha value is -2.69. The first-order valence-electron chi connectivity index (χ1n) is 6.44. The molecule has 0 bridgehead atoms. The van der Waals surface area contributed by atoms with Gasteiger partial charge in [0.15, 0.2) is 0 Å². The molecule has 0 saturated heterocycles. The molecule has 0 spiro atoms. The Morgan fingerprint density at radius 3 is 2.76 bits per heavy atom. The van der Waals surface area contributed by atoms with Crippen molar-refractivity contribution >= 4 is 17.0 Å². The number of halogens is 1. The maximum Gasteiger partial charge on any atom is 0.340 e. The summed E-state index contributed by atoms with van der Waals surface area (Å²) < 4.78 is 18.9. The summed E-state index contributed by atoms with van der Waals surface area (Å²) in [4.78, 5) is 19.1. The predicted octanol–water partition coefficient (Wildman–Crippen LogP) is 3.46. The van der Waals surface area contributed by atoms with Crippen LogP contribution in [0.5, 0.6) is 0 Å². The molecular weight excluding hydrogens is 271 g/mol. The summed E-state index contributed by atoms with van der Waals surface area (Å²) in [5.74, 6) is -0.401. The highest BCUT2D eigenvalue weighted by atomic mass is 19.1. The van der Waals surface area contributed by atoms with E-state index < -0.39 is 5.97 Å². The Balaban J connectivity index is 2.22. The lowest BCUT2D eigenvalue weighted by Gasteiger charge is -2.01. The molecule has 0 saturated carbocycles. The highest BCUT2D eigenvalue weighted by Crippen LogP contribution is 2.26. The zero-order valence-corrected chi connectivity index (χ0v) is 11.6. The number of hydrogen-bond acceptors (Lipinski definition) is 3. The van der Waals surface area contributed by atoms with E-state index in [2.05, 4.69) is 9.97 Å². The Morgan fingerprint density at radius 1 is 1.24 bits per heavy atom. The first-order chi connectivity index (χ1) is 10.1. The maximum atomic E-state index is 14.2. The summed E-state index contributed by atoms with van der Waals surface area (Å²) in [5.41, 5.74) is 2.41. The van der Waals surface area contributed by atoms with E-state index in [9.17, 15) is 9.18 Å². The number of aromatic nitrogens is 2. The van der Waals surface area contributed by atoms with E-state index in [4.69, 9.17) is 4.74 Å². The van der Waals surface area contributed by atoms with E-state index in [0.717, 1.165) is 0 Å². The largest absolute Gasteiger partial charge is 0.465 e. The number of benzene rings is 2. The molecule has 1 aromatic heterocycles. The van der Waals surface area contributed by atoms with Crippen LogP contribution in [-0.4, -0.2) is 23.0 Å². The number of nitrogens with one attached hydrogen (secondary N) is 1. The second-order valence-corrected chi connectivity index (χ2v) is 4.72. The molecule has 1 N–H and O–H groups in total. The summed E-state index contributed by atoms with van der Waals surface area (Å²) >= 11 is 0. The van der Waals surface area contributed by atoms with Gasteiger partial charge in [0.2, 0.25) is 0 Å². The van der Waals surface area contributed by atoms with Gasteiger partial charge < -0.3 is 9.72 Å². The number of imidazole rings is 1. The van der Waals surface area contributed by atoms with E-state index in [1.54, 1.807) is 43.3 Å². The third-order valence-corrected chi connectivity index (χ3v) is 3.36. The lowest BCUT2D eigenvalue weighted by molar-refractivity contribution is 0.0603. The Bertz CT molecular complexity index is 839. The van der Waals surface area contributed by atoms with Gasteiger partial charge in [0.05, 0.1) is 23.8 Å². The molecule has 0 fully saturated rings. The number of carbonyl (C=O) groups excluding carboxylic acids is 1. The van der Waals surface area contributed by atoms with Gasteiger partial charge in [0.25, 0.3) is 0 Å². The molecule has 21 heavy (non-hydrogen) atoms. The topological polar surface area (TPSA) is 55.0 Å². The molecule has 0 amide bonds. The molecular formula is C16H13FN2O2. The standard InChI is InChI=1S/C16H13FN2O2/c1-9-5-3-6-10(13(9)17)15-18-12-8-4-7-11(14(12)19-15)16(20)21-2/h3-8H,1-2H3,(H,18,19). The van der Waals surface area contributed by atoms with Gasteiger partial charge in [0.1, 0.15) is 17.2 Å². The van der Waals surface area contributed by atoms with Crippen molar-refractivity contribution in [2.75, 3.05) is 7.11 Å². The van der Waals surface area contributed by atoms with Crippen LogP contribution in [0, 0.1) is 12.7 Å². The van der Waals surface area contributed by atoms with Crippen molar-refractivity contribution in [2.24, 2.45) is 0 Å². The Kier molecular flexibility index (Phi) is 3.17. The average Bonchev–Trinajstić information content (AvgIpc) is 2.92. The number of para-hydroxylation sites is 1. The van der Waals surface area contributed by atoms with Gasteiger partial charge in [-0.05, 0) is 30.7 Å². The first-order valence-corrected chi connectivity index (χ1v) is 6.44. The Morgan fingerprint density at radius 2 is 2.00 bits per heavy atom. The van der Waals surface area contributed by atoms with Crippen LogP contribution in [-0.2, 0) is 4.74 Å². The number of aromatic amines is 1. The van der Waals surface area contributed by atoms with Crippen LogP contribution in [0.3, 0.4) is 0 Å². The van der Waals surface area contributed by atoms with Crippen molar-refractivity contribution in [1.82, 2.24) is 9.97 Å². The second kappa shape index (κ2) is 5.01. The fraction of sp³-hybridized carbons (Fsp3) is 0.125. The number of hydrogen-bond donors (Lipinski definition) is 1. The monoisotopic (exact) mass is 284 g/mol. The summed E-state index contributed by atoms with van der Waals surface area (Å²) in [5, 5.41) is 0. The number of ether oxygens (including phenoxy) is 1. The quantitative estimate of drug-likeness (QED) is 0.733. The second-order valence-electron chi connectivity index (χ2n) is 4.72. The number of aryl methyl sites for hydroxylation is 1. The average molecular weight is 284 g/mol. The van der Waals surface area contributed by atoms with Gasteiger partial charge in [-0.3, -0.25) is 0 Å². The van der Waals surface area contributed by atoms with Crippen molar-refractivity contribution in [3.05, 3.63) is 53.3 Å². The van der Waals surface area contributed by atoms with Crippen molar-refractivity contribution in [1.29, 1.82) is 0 Å². The predicted molar refractivity (Wildman–Crippen MR) is 77.6 cm³/mol. The zero-order valence-electron chi connectivity index (χ0n) is 11.6. The molecule has 3 aromatic rings. The van der Waals surface area contributed by atoms with Gasteiger partial charge >= 0.3 is 5.97 Å². The number of H-pyrrole nitrogens is 1. The van der Waals surface area contributed by atoms with Crippen molar-refractivity contribution in [3.8, 4) is 11.4 Å². The molecule has 0 aliphatic rings. The summed E-state index contributed by atoms with van der Waals surface area (Å²) in [6.45, 7) is 1.70. The number of esters is 1. The van der Waals surface area contributed by atoms with Gasteiger partial charge in [-0.25, -0.2) is 14.2 Å².